The van der Waals surface area contributed by atoms with Crippen molar-refractivity contribution in [1.29, 1.82) is 0 Å². The Balaban J connectivity index is 1.79. The minimum atomic E-state index is -0.194. The highest BCUT2D eigenvalue weighted by Crippen LogP contribution is 2.09. The van der Waals surface area contributed by atoms with E-state index in [0.29, 0.717) is 42.4 Å². The van der Waals surface area contributed by atoms with Gasteiger partial charge in [-0.25, -0.2) is 9.37 Å². The number of nitrogens with one attached hydrogen (secondary N) is 2. The molecule has 0 unspecified atom stereocenters. The Bertz CT molecular complexity index is 656. The second-order valence-corrected chi connectivity index (χ2v) is 6.14. The quantitative estimate of drug-likeness (QED) is 0.777. The molecule has 0 radical (unpaired) electrons. The molecule has 5 heteroatoms. The van der Waals surface area contributed by atoms with Crippen molar-refractivity contribution in [3.05, 3.63) is 59.5 Å². The van der Waals surface area contributed by atoms with Gasteiger partial charge in [0, 0.05) is 19.3 Å². The summed E-state index contributed by atoms with van der Waals surface area (Å²) in [5.41, 5.74) is 1.21. The SMILES string of the molecule is CC(C)CCNC(=O)c1ccc(NCCc2ccccc2F)nc1. The van der Waals surface area contributed by atoms with E-state index in [1.807, 2.05) is 6.07 Å². The summed E-state index contributed by atoms with van der Waals surface area (Å²) in [5, 5.41) is 6.01. The first kappa shape index (κ1) is 17.9. The maximum atomic E-state index is 13.5. The Morgan fingerprint density at radius 3 is 2.62 bits per heavy atom. The van der Waals surface area contributed by atoms with Gasteiger partial charge in [-0.3, -0.25) is 4.79 Å². The van der Waals surface area contributed by atoms with Gasteiger partial charge in [0.25, 0.3) is 5.91 Å². The number of amides is 1. The second-order valence-electron chi connectivity index (χ2n) is 6.14. The Morgan fingerprint density at radius 1 is 1.17 bits per heavy atom. The molecule has 0 bridgehead atoms. The fourth-order valence-electron chi connectivity index (χ4n) is 2.24. The molecule has 2 aromatic rings. The van der Waals surface area contributed by atoms with Crippen LogP contribution in [0, 0.1) is 11.7 Å². The summed E-state index contributed by atoms with van der Waals surface area (Å²) in [4.78, 5) is 16.2. The molecule has 0 saturated heterocycles. The lowest BCUT2D eigenvalue weighted by Gasteiger charge is -2.09. The number of halogens is 1. The number of carbonyl (C=O) groups is 1. The standard InChI is InChI=1S/C19H24FN3O/c1-14(2)9-11-22-19(24)16-7-8-18(23-13-16)21-12-10-15-5-3-4-6-17(15)20/h3-8,13-14H,9-12H2,1-2H3,(H,21,23)(H,22,24). The molecule has 1 amide bonds. The fourth-order valence-corrected chi connectivity index (χ4v) is 2.24. The summed E-state index contributed by atoms with van der Waals surface area (Å²) >= 11 is 0. The van der Waals surface area contributed by atoms with E-state index >= 15 is 0 Å². The van der Waals surface area contributed by atoms with Crippen molar-refractivity contribution in [3.63, 3.8) is 0 Å². The van der Waals surface area contributed by atoms with Gasteiger partial charge in [0.15, 0.2) is 0 Å². The van der Waals surface area contributed by atoms with Crippen LogP contribution in [0.1, 0.15) is 36.2 Å². The minimum absolute atomic E-state index is 0.110. The van der Waals surface area contributed by atoms with Crippen LogP contribution in [0.15, 0.2) is 42.6 Å². The minimum Gasteiger partial charge on any atom is -0.370 e. The summed E-state index contributed by atoms with van der Waals surface area (Å²) in [6.45, 7) is 5.48. The predicted molar refractivity (Wildman–Crippen MR) is 94.6 cm³/mol. The van der Waals surface area contributed by atoms with E-state index in [0.717, 1.165) is 6.42 Å². The molecule has 1 heterocycles. The average molecular weight is 329 g/mol. The number of rotatable bonds is 8. The summed E-state index contributed by atoms with van der Waals surface area (Å²) in [5.74, 6) is 0.927. The highest BCUT2D eigenvalue weighted by Gasteiger charge is 2.06. The molecule has 0 aliphatic rings. The Hall–Kier alpha value is -2.43. The third-order valence-corrected chi connectivity index (χ3v) is 3.69. The second kappa shape index (κ2) is 9.01. The summed E-state index contributed by atoms with van der Waals surface area (Å²) in [7, 11) is 0. The van der Waals surface area contributed by atoms with Crippen LogP contribution in [-0.2, 0) is 6.42 Å². The molecule has 0 aliphatic heterocycles. The van der Waals surface area contributed by atoms with Crippen LogP contribution in [0.5, 0.6) is 0 Å². The third kappa shape index (κ3) is 5.65. The van der Waals surface area contributed by atoms with E-state index in [4.69, 9.17) is 0 Å². The van der Waals surface area contributed by atoms with Crippen LogP contribution in [0.4, 0.5) is 10.2 Å². The van der Waals surface area contributed by atoms with E-state index in [9.17, 15) is 9.18 Å². The number of carbonyl (C=O) groups excluding carboxylic acids is 1. The van der Waals surface area contributed by atoms with Crippen LogP contribution < -0.4 is 10.6 Å². The van der Waals surface area contributed by atoms with E-state index < -0.39 is 0 Å². The van der Waals surface area contributed by atoms with Gasteiger partial charge in [-0.15, -0.1) is 0 Å². The van der Waals surface area contributed by atoms with E-state index in [1.165, 1.54) is 6.07 Å². The molecule has 24 heavy (non-hydrogen) atoms. The number of nitrogens with zero attached hydrogens (tertiary/aromatic N) is 1. The molecule has 1 aromatic carbocycles. The molecule has 128 valence electrons. The third-order valence-electron chi connectivity index (χ3n) is 3.69. The van der Waals surface area contributed by atoms with Crippen molar-refractivity contribution in [2.24, 2.45) is 5.92 Å². The van der Waals surface area contributed by atoms with Crippen LogP contribution in [0.2, 0.25) is 0 Å². The molecule has 0 spiro atoms. The van der Waals surface area contributed by atoms with Crippen LogP contribution in [-0.4, -0.2) is 24.0 Å². The summed E-state index contributed by atoms with van der Waals surface area (Å²) in [6.07, 6.45) is 3.08. The van der Waals surface area contributed by atoms with E-state index in [-0.39, 0.29) is 11.7 Å². The van der Waals surface area contributed by atoms with Gasteiger partial charge in [-0.05, 0) is 42.5 Å². The van der Waals surface area contributed by atoms with Gasteiger partial charge in [0.05, 0.1) is 5.56 Å². The maximum Gasteiger partial charge on any atom is 0.252 e. The largest absolute Gasteiger partial charge is 0.370 e. The van der Waals surface area contributed by atoms with E-state index in [1.54, 1.807) is 30.5 Å². The highest BCUT2D eigenvalue weighted by atomic mass is 19.1. The zero-order valence-electron chi connectivity index (χ0n) is 14.2. The van der Waals surface area contributed by atoms with Gasteiger partial charge in [0.1, 0.15) is 11.6 Å². The van der Waals surface area contributed by atoms with E-state index in [2.05, 4.69) is 29.5 Å². The molecule has 2 N–H and O–H groups in total. The first-order valence-corrected chi connectivity index (χ1v) is 8.28. The van der Waals surface area contributed by atoms with Crippen molar-refractivity contribution in [3.8, 4) is 0 Å². The fraction of sp³-hybridized carbons (Fsp3) is 0.368. The lowest BCUT2D eigenvalue weighted by molar-refractivity contribution is 0.0951. The summed E-state index contributed by atoms with van der Waals surface area (Å²) in [6, 6.07) is 10.2. The lowest BCUT2D eigenvalue weighted by atomic mass is 10.1. The number of pyridine rings is 1. The van der Waals surface area contributed by atoms with Crippen LogP contribution in [0.25, 0.3) is 0 Å². The number of benzene rings is 1. The summed E-state index contributed by atoms with van der Waals surface area (Å²) < 4.78 is 13.5. The smallest absolute Gasteiger partial charge is 0.252 e. The van der Waals surface area contributed by atoms with Crippen molar-refractivity contribution in [2.45, 2.75) is 26.7 Å². The lowest BCUT2D eigenvalue weighted by Crippen LogP contribution is -2.25. The number of hydrogen-bond donors (Lipinski definition) is 2. The number of anilines is 1. The highest BCUT2D eigenvalue weighted by molar-refractivity contribution is 5.94. The molecule has 2 rings (SSSR count). The Morgan fingerprint density at radius 2 is 1.96 bits per heavy atom. The van der Waals surface area contributed by atoms with Crippen LogP contribution in [0.3, 0.4) is 0 Å². The molecule has 4 nitrogen and oxygen atoms in total. The topological polar surface area (TPSA) is 54.0 Å². The zero-order valence-corrected chi connectivity index (χ0v) is 14.2. The van der Waals surface area contributed by atoms with Crippen molar-refractivity contribution < 1.29 is 9.18 Å². The maximum absolute atomic E-state index is 13.5. The number of aromatic nitrogens is 1. The molecule has 0 atom stereocenters. The van der Waals surface area contributed by atoms with Gasteiger partial charge in [-0.1, -0.05) is 32.0 Å². The Labute approximate surface area is 142 Å². The zero-order chi connectivity index (χ0) is 17.4. The normalized spacial score (nSPS) is 10.7. The van der Waals surface area contributed by atoms with Gasteiger partial charge in [-0.2, -0.15) is 0 Å². The predicted octanol–water partition coefficient (Wildman–Crippen LogP) is 3.65. The first-order valence-electron chi connectivity index (χ1n) is 8.28. The van der Waals surface area contributed by atoms with Crippen LogP contribution >= 0.6 is 0 Å². The molecule has 0 aliphatic carbocycles. The monoisotopic (exact) mass is 329 g/mol. The molecular weight excluding hydrogens is 305 g/mol. The van der Waals surface area contributed by atoms with Gasteiger partial charge < -0.3 is 10.6 Å². The molecule has 0 saturated carbocycles. The van der Waals surface area contributed by atoms with Crippen molar-refractivity contribution >= 4 is 11.7 Å². The number of hydrogen-bond acceptors (Lipinski definition) is 3. The molecule has 1 aromatic heterocycles. The van der Waals surface area contributed by atoms with Gasteiger partial charge >= 0.3 is 0 Å². The molecular formula is C19H24FN3O. The molecule has 0 fully saturated rings. The van der Waals surface area contributed by atoms with Gasteiger partial charge in [0.2, 0.25) is 0 Å². The van der Waals surface area contributed by atoms with Crippen molar-refractivity contribution in [2.75, 3.05) is 18.4 Å². The Kier molecular flexibility index (Phi) is 6.73. The first-order chi connectivity index (χ1) is 11.6. The average Bonchev–Trinajstić information content (AvgIpc) is 2.57. The van der Waals surface area contributed by atoms with Crippen molar-refractivity contribution in [1.82, 2.24) is 10.3 Å².